The zero-order valence-corrected chi connectivity index (χ0v) is 11.4. The number of hydrogen-bond acceptors (Lipinski definition) is 4. The lowest BCUT2D eigenvalue weighted by Crippen LogP contribution is -2.29. The lowest BCUT2D eigenvalue weighted by atomic mass is 10.1. The molecule has 0 amide bonds. The second kappa shape index (κ2) is 5.79. The molecule has 0 saturated carbocycles. The van der Waals surface area contributed by atoms with Crippen LogP contribution in [-0.4, -0.2) is 26.5 Å². The number of aromatic nitrogens is 4. The number of nitrogens with one attached hydrogen (secondary N) is 3. The van der Waals surface area contributed by atoms with Gasteiger partial charge in [-0.1, -0.05) is 0 Å². The van der Waals surface area contributed by atoms with E-state index < -0.39 is 0 Å². The molecule has 0 aliphatic carbocycles. The summed E-state index contributed by atoms with van der Waals surface area (Å²) in [6.45, 7) is 6.37. The molecular formula is C13H19N5O. The highest BCUT2D eigenvalue weighted by Gasteiger charge is 2.13. The van der Waals surface area contributed by atoms with Gasteiger partial charge in [0.2, 0.25) is 0 Å². The van der Waals surface area contributed by atoms with E-state index in [2.05, 4.69) is 25.3 Å². The Hall–Kier alpha value is -1.95. The number of aromatic amines is 2. The van der Waals surface area contributed by atoms with Crippen LogP contribution in [0.1, 0.15) is 35.9 Å². The van der Waals surface area contributed by atoms with Crippen molar-refractivity contribution in [3.8, 4) is 0 Å². The number of aryl methyl sites for hydroxylation is 2. The zero-order chi connectivity index (χ0) is 13.8. The van der Waals surface area contributed by atoms with Gasteiger partial charge in [-0.15, -0.1) is 0 Å². The topological polar surface area (TPSA) is 86.5 Å². The molecule has 3 N–H and O–H groups in total. The van der Waals surface area contributed by atoms with Gasteiger partial charge in [0, 0.05) is 37.1 Å². The van der Waals surface area contributed by atoms with Gasteiger partial charge in [0.15, 0.2) is 0 Å². The molecule has 19 heavy (non-hydrogen) atoms. The predicted octanol–water partition coefficient (Wildman–Crippen LogP) is 1.00. The molecule has 0 saturated heterocycles. The molecule has 0 spiro atoms. The third kappa shape index (κ3) is 3.29. The molecule has 102 valence electrons. The molecule has 2 aromatic rings. The molecular weight excluding hydrogens is 242 g/mol. The van der Waals surface area contributed by atoms with Crippen LogP contribution in [0.5, 0.6) is 0 Å². The summed E-state index contributed by atoms with van der Waals surface area (Å²) in [6.07, 6.45) is 4.34. The minimum Gasteiger partial charge on any atom is -0.349 e. The fraction of sp³-hybridized carbons (Fsp3) is 0.462. The Morgan fingerprint density at radius 1 is 1.42 bits per heavy atom. The Balaban J connectivity index is 2.00. The summed E-state index contributed by atoms with van der Waals surface area (Å²) in [5.41, 5.74) is 1.41. The number of hydrogen-bond donors (Lipinski definition) is 3. The van der Waals surface area contributed by atoms with Crippen molar-refractivity contribution in [2.24, 2.45) is 0 Å². The quantitative estimate of drug-likeness (QED) is 0.749. The maximum atomic E-state index is 11.9. The first-order chi connectivity index (χ1) is 9.08. The van der Waals surface area contributed by atoms with Crippen LogP contribution >= 0.6 is 0 Å². The molecule has 0 radical (unpaired) electrons. The van der Waals surface area contributed by atoms with Gasteiger partial charge in [-0.3, -0.25) is 4.79 Å². The number of nitrogens with zero attached hydrogens (tertiary/aromatic N) is 2. The summed E-state index contributed by atoms with van der Waals surface area (Å²) in [4.78, 5) is 26.2. The van der Waals surface area contributed by atoms with Crippen LogP contribution in [0.2, 0.25) is 0 Å². The largest absolute Gasteiger partial charge is 0.349 e. The maximum Gasteiger partial charge on any atom is 0.255 e. The Kier molecular flexibility index (Phi) is 4.11. The second-order valence-electron chi connectivity index (χ2n) is 4.61. The minimum atomic E-state index is -0.0667. The molecule has 0 aliphatic rings. The van der Waals surface area contributed by atoms with Gasteiger partial charge in [-0.25, -0.2) is 9.97 Å². The lowest BCUT2D eigenvalue weighted by Gasteiger charge is -2.15. The first-order valence-electron chi connectivity index (χ1n) is 6.37. The van der Waals surface area contributed by atoms with Crippen molar-refractivity contribution in [3.63, 3.8) is 0 Å². The van der Waals surface area contributed by atoms with E-state index in [9.17, 15) is 4.79 Å². The van der Waals surface area contributed by atoms with Gasteiger partial charge in [0.1, 0.15) is 11.6 Å². The highest BCUT2D eigenvalue weighted by molar-refractivity contribution is 5.19. The van der Waals surface area contributed by atoms with Gasteiger partial charge in [-0.2, -0.15) is 0 Å². The number of H-pyrrole nitrogens is 2. The van der Waals surface area contributed by atoms with Crippen molar-refractivity contribution in [2.45, 2.75) is 33.2 Å². The number of rotatable bonds is 5. The van der Waals surface area contributed by atoms with E-state index in [1.54, 1.807) is 19.3 Å². The van der Waals surface area contributed by atoms with Crippen molar-refractivity contribution in [3.05, 3.63) is 45.7 Å². The highest BCUT2D eigenvalue weighted by Crippen LogP contribution is 2.10. The SMILES string of the molecule is Cc1nc(C)c(C(C)NCCc2ncc[nH]2)c(=O)[nH]1. The van der Waals surface area contributed by atoms with Crippen molar-refractivity contribution >= 4 is 0 Å². The first-order valence-corrected chi connectivity index (χ1v) is 6.37. The van der Waals surface area contributed by atoms with E-state index >= 15 is 0 Å². The van der Waals surface area contributed by atoms with Crippen LogP contribution in [0.3, 0.4) is 0 Å². The van der Waals surface area contributed by atoms with Crippen molar-refractivity contribution in [1.82, 2.24) is 25.3 Å². The van der Waals surface area contributed by atoms with Gasteiger partial charge < -0.3 is 15.3 Å². The molecule has 1 atom stereocenters. The summed E-state index contributed by atoms with van der Waals surface area (Å²) >= 11 is 0. The van der Waals surface area contributed by atoms with E-state index in [0.29, 0.717) is 11.4 Å². The summed E-state index contributed by atoms with van der Waals surface area (Å²) in [5.74, 6) is 1.58. The van der Waals surface area contributed by atoms with Gasteiger partial charge in [0.05, 0.1) is 5.56 Å². The molecule has 0 aliphatic heterocycles. The van der Waals surface area contributed by atoms with Crippen molar-refractivity contribution in [1.29, 1.82) is 0 Å². The fourth-order valence-corrected chi connectivity index (χ4v) is 2.19. The Morgan fingerprint density at radius 3 is 2.84 bits per heavy atom. The average molecular weight is 261 g/mol. The summed E-state index contributed by atoms with van der Waals surface area (Å²) < 4.78 is 0. The Bertz CT molecular complexity index is 588. The molecule has 6 heteroatoms. The summed E-state index contributed by atoms with van der Waals surface area (Å²) in [6, 6.07) is -0.0354. The molecule has 0 bridgehead atoms. The van der Waals surface area contributed by atoms with Gasteiger partial charge >= 0.3 is 0 Å². The van der Waals surface area contributed by atoms with E-state index in [1.165, 1.54) is 0 Å². The first kappa shape index (κ1) is 13.5. The Labute approximate surface area is 111 Å². The van der Waals surface area contributed by atoms with Crippen LogP contribution in [0.15, 0.2) is 17.2 Å². The molecule has 2 aromatic heterocycles. The van der Waals surface area contributed by atoms with Crippen LogP contribution < -0.4 is 10.9 Å². The number of imidazole rings is 1. The van der Waals surface area contributed by atoms with Crippen molar-refractivity contribution in [2.75, 3.05) is 6.54 Å². The van der Waals surface area contributed by atoms with Crippen LogP contribution in [0.4, 0.5) is 0 Å². The minimum absolute atomic E-state index is 0.0354. The molecule has 1 unspecified atom stereocenters. The predicted molar refractivity (Wildman–Crippen MR) is 73.0 cm³/mol. The lowest BCUT2D eigenvalue weighted by molar-refractivity contribution is 0.560. The normalized spacial score (nSPS) is 12.6. The fourth-order valence-electron chi connectivity index (χ4n) is 2.19. The highest BCUT2D eigenvalue weighted by atomic mass is 16.1. The average Bonchev–Trinajstić information content (AvgIpc) is 2.80. The van der Waals surface area contributed by atoms with Gasteiger partial charge in [0.25, 0.3) is 5.56 Å². The van der Waals surface area contributed by atoms with E-state index in [4.69, 9.17) is 0 Å². The standard InChI is InChI=1S/C13H19N5O/c1-8(14-5-4-11-15-6-7-16-11)12-9(2)17-10(3)18-13(12)19/h6-8,14H,4-5H2,1-3H3,(H,15,16)(H,17,18,19). The maximum absolute atomic E-state index is 11.9. The zero-order valence-electron chi connectivity index (χ0n) is 11.4. The van der Waals surface area contributed by atoms with Crippen LogP contribution in [0, 0.1) is 13.8 Å². The van der Waals surface area contributed by atoms with Crippen molar-refractivity contribution < 1.29 is 0 Å². The smallest absolute Gasteiger partial charge is 0.255 e. The third-order valence-electron chi connectivity index (χ3n) is 3.06. The molecule has 2 rings (SSSR count). The van der Waals surface area contributed by atoms with E-state index in [-0.39, 0.29) is 11.6 Å². The van der Waals surface area contributed by atoms with E-state index in [0.717, 1.165) is 24.5 Å². The van der Waals surface area contributed by atoms with E-state index in [1.807, 2.05) is 13.8 Å². The monoisotopic (exact) mass is 261 g/mol. The molecule has 0 aromatic carbocycles. The van der Waals surface area contributed by atoms with Crippen LogP contribution in [0.25, 0.3) is 0 Å². The molecule has 6 nitrogen and oxygen atoms in total. The second-order valence-corrected chi connectivity index (χ2v) is 4.61. The Morgan fingerprint density at radius 2 is 2.21 bits per heavy atom. The summed E-state index contributed by atoms with van der Waals surface area (Å²) in [7, 11) is 0. The van der Waals surface area contributed by atoms with Crippen LogP contribution in [-0.2, 0) is 6.42 Å². The van der Waals surface area contributed by atoms with Gasteiger partial charge in [-0.05, 0) is 20.8 Å². The summed E-state index contributed by atoms with van der Waals surface area (Å²) in [5, 5.41) is 3.32. The molecule has 0 fully saturated rings. The third-order valence-corrected chi connectivity index (χ3v) is 3.06. The molecule has 2 heterocycles.